The molecule has 0 spiro atoms. The third kappa shape index (κ3) is 2.55. The molecular formula is C17H24NO3. The van der Waals surface area contributed by atoms with E-state index in [1.165, 1.54) is 0 Å². The fourth-order valence-corrected chi connectivity index (χ4v) is 4.13. The Bertz CT molecular complexity index is 500. The van der Waals surface area contributed by atoms with Crippen LogP contribution in [-0.2, 0) is 14.7 Å². The average Bonchev–Trinajstić information content (AvgIpc) is 2.97. The zero-order chi connectivity index (χ0) is 15.4. The Morgan fingerprint density at radius 1 is 1.19 bits per heavy atom. The highest BCUT2D eigenvalue weighted by Crippen LogP contribution is 2.41. The molecule has 3 rings (SSSR count). The molecular weight excluding hydrogens is 266 g/mol. The van der Waals surface area contributed by atoms with Gasteiger partial charge in [0.05, 0.1) is 0 Å². The summed E-state index contributed by atoms with van der Waals surface area (Å²) < 4.78 is 5.74. The molecule has 115 valence electrons. The molecule has 2 bridgehead atoms. The number of carbonyl (C=O) groups is 1. The molecule has 0 aromatic heterocycles. The Hall–Kier alpha value is -1.13. The lowest BCUT2D eigenvalue weighted by Crippen LogP contribution is -2.60. The van der Waals surface area contributed by atoms with Crippen LogP contribution in [-0.4, -0.2) is 28.2 Å². The van der Waals surface area contributed by atoms with Crippen LogP contribution in [0.5, 0.6) is 0 Å². The first kappa shape index (κ1) is 14.8. The molecule has 1 fully saturated rings. The normalized spacial score (nSPS) is 34.0. The molecule has 2 atom stereocenters. The van der Waals surface area contributed by atoms with Crippen molar-refractivity contribution in [2.75, 3.05) is 0 Å². The van der Waals surface area contributed by atoms with Crippen LogP contribution in [0.4, 0.5) is 0 Å². The summed E-state index contributed by atoms with van der Waals surface area (Å²) >= 11 is 0. The topological polar surface area (TPSA) is 49.4 Å². The van der Waals surface area contributed by atoms with Crippen molar-refractivity contribution in [3.8, 4) is 0 Å². The van der Waals surface area contributed by atoms with E-state index in [1.807, 2.05) is 33.8 Å². The number of hydrogen-bond acceptors (Lipinski definition) is 3. The maximum absolute atomic E-state index is 12.4. The second kappa shape index (κ2) is 4.68. The second-order valence-corrected chi connectivity index (χ2v) is 7.87. The van der Waals surface area contributed by atoms with E-state index in [9.17, 15) is 10.0 Å². The number of nitrogens with zero attached hydrogens (tertiary/aromatic N) is 1. The van der Waals surface area contributed by atoms with Crippen molar-refractivity contribution >= 4 is 5.97 Å². The molecule has 4 heteroatoms. The van der Waals surface area contributed by atoms with Crippen molar-refractivity contribution in [3.63, 3.8) is 0 Å². The highest BCUT2D eigenvalue weighted by molar-refractivity contribution is 5.90. The van der Waals surface area contributed by atoms with Crippen LogP contribution in [0.15, 0.2) is 23.8 Å². The Morgan fingerprint density at radius 2 is 1.81 bits per heavy atom. The number of fused-ring (bicyclic) bond motifs is 2. The van der Waals surface area contributed by atoms with Crippen molar-refractivity contribution in [3.05, 3.63) is 23.8 Å². The van der Waals surface area contributed by atoms with Gasteiger partial charge in [-0.15, -0.1) is 10.3 Å². The van der Waals surface area contributed by atoms with Gasteiger partial charge in [0.2, 0.25) is 0 Å². The van der Waals surface area contributed by atoms with Crippen molar-refractivity contribution in [2.24, 2.45) is 11.8 Å². The van der Waals surface area contributed by atoms with Crippen LogP contribution < -0.4 is 0 Å². The molecule has 1 heterocycles. The number of rotatable bonds is 2. The highest BCUT2D eigenvalue weighted by Gasteiger charge is 2.47. The van der Waals surface area contributed by atoms with E-state index < -0.39 is 11.1 Å². The van der Waals surface area contributed by atoms with Gasteiger partial charge in [0.15, 0.2) is 0 Å². The summed E-state index contributed by atoms with van der Waals surface area (Å²) in [6.45, 7) is 7.67. The van der Waals surface area contributed by atoms with Gasteiger partial charge in [-0.2, -0.15) is 0 Å². The van der Waals surface area contributed by atoms with Crippen molar-refractivity contribution in [2.45, 2.75) is 64.1 Å². The minimum atomic E-state index is -0.504. The SMILES string of the molecule is CC1(C)CC(OC(=O)C2=CC3C=CC2C3)CC(C)(C)N1[O]. The molecule has 3 aliphatic rings. The van der Waals surface area contributed by atoms with E-state index in [1.54, 1.807) is 0 Å². The van der Waals surface area contributed by atoms with Gasteiger partial charge < -0.3 is 4.74 Å². The van der Waals surface area contributed by atoms with Crippen molar-refractivity contribution in [1.82, 2.24) is 5.06 Å². The minimum absolute atomic E-state index is 0.184. The number of esters is 1. The van der Waals surface area contributed by atoms with Gasteiger partial charge in [0, 0.05) is 35.4 Å². The second-order valence-electron chi connectivity index (χ2n) is 7.87. The van der Waals surface area contributed by atoms with Gasteiger partial charge in [0.25, 0.3) is 0 Å². The van der Waals surface area contributed by atoms with Crippen molar-refractivity contribution in [1.29, 1.82) is 0 Å². The van der Waals surface area contributed by atoms with Gasteiger partial charge in [-0.3, -0.25) is 0 Å². The van der Waals surface area contributed by atoms with E-state index in [4.69, 9.17) is 4.74 Å². The molecule has 2 unspecified atom stereocenters. The molecule has 1 saturated heterocycles. The Morgan fingerprint density at radius 3 is 2.29 bits per heavy atom. The van der Waals surface area contributed by atoms with Gasteiger partial charge >= 0.3 is 5.97 Å². The van der Waals surface area contributed by atoms with Gasteiger partial charge in [-0.25, -0.2) is 4.79 Å². The summed E-state index contributed by atoms with van der Waals surface area (Å²) in [4.78, 5) is 12.4. The first-order chi connectivity index (χ1) is 9.69. The molecule has 0 amide bonds. The molecule has 1 aliphatic heterocycles. The van der Waals surface area contributed by atoms with Crippen LogP contribution >= 0.6 is 0 Å². The summed E-state index contributed by atoms with van der Waals surface area (Å²) in [5.41, 5.74) is -0.201. The van der Waals surface area contributed by atoms with Crippen LogP contribution in [0, 0.1) is 11.8 Å². The van der Waals surface area contributed by atoms with E-state index in [0.717, 1.165) is 17.1 Å². The van der Waals surface area contributed by atoms with Crippen LogP contribution in [0.2, 0.25) is 0 Å². The zero-order valence-electron chi connectivity index (χ0n) is 13.3. The van der Waals surface area contributed by atoms with E-state index in [-0.39, 0.29) is 18.0 Å². The molecule has 21 heavy (non-hydrogen) atoms. The predicted molar refractivity (Wildman–Crippen MR) is 78.6 cm³/mol. The summed E-state index contributed by atoms with van der Waals surface area (Å²) in [5, 5.41) is 13.5. The number of allylic oxidation sites excluding steroid dienone is 3. The molecule has 0 N–H and O–H groups in total. The molecule has 0 aromatic carbocycles. The van der Waals surface area contributed by atoms with Gasteiger partial charge in [-0.1, -0.05) is 18.2 Å². The number of ether oxygens (including phenoxy) is 1. The van der Waals surface area contributed by atoms with Crippen LogP contribution in [0.3, 0.4) is 0 Å². The monoisotopic (exact) mass is 290 g/mol. The third-order valence-electron chi connectivity index (χ3n) is 4.97. The van der Waals surface area contributed by atoms with E-state index in [2.05, 4.69) is 12.2 Å². The first-order valence-corrected chi connectivity index (χ1v) is 7.77. The van der Waals surface area contributed by atoms with Crippen LogP contribution in [0.25, 0.3) is 0 Å². The summed E-state index contributed by atoms with van der Waals surface area (Å²) in [5.74, 6) is 0.458. The Balaban J connectivity index is 1.68. The zero-order valence-corrected chi connectivity index (χ0v) is 13.3. The maximum atomic E-state index is 12.4. The molecule has 0 saturated carbocycles. The Kier molecular flexibility index (Phi) is 3.30. The fourth-order valence-electron chi connectivity index (χ4n) is 4.13. The first-order valence-electron chi connectivity index (χ1n) is 7.77. The maximum Gasteiger partial charge on any atom is 0.334 e. The molecule has 2 aliphatic carbocycles. The molecule has 4 nitrogen and oxygen atoms in total. The van der Waals surface area contributed by atoms with E-state index in [0.29, 0.717) is 18.8 Å². The van der Waals surface area contributed by atoms with Gasteiger partial charge in [0.1, 0.15) is 6.10 Å². The van der Waals surface area contributed by atoms with Crippen LogP contribution in [0.1, 0.15) is 47.0 Å². The number of hydrogen-bond donors (Lipinski definition) is 0. The highest BCUT2D eigenvalue weighted by atomic mass is 16.5. The predicted octanol–water partition coefficient (Wildman–Crippen LogP) is 3.03. The summed E-state index contributed by atoms with van der Waals surface area (Å²) in [7, 11) is 0. The summed E-state index contributed by atoms with van der Waals surface area (Å²) in [6.07, 6.45) is 8.30. The third-order valence-corrected chi connectivity index (χ3v) is 4.97. The lowest BCUT2D eigenvalue weighted by Gasteiger charge is -2.49. The molecule has 0 aromatic rings. The molecule has 1 radical (unpaired) electrons. The largest absolute Gasteiger partial charge is 0.459 e. The Labute approximate surface area is 126 Å². The van der Waals surface area contributed by atoms with E-state index >= 15 is 0 Å². The summed E-state index contributed by atoms with van der Waals surface area (Å²) in [6, 6.07) is 0. The van der Waals surface area contributed by atoms with Gasteiger partial charge in [-0.05, 0) is 40.0 Å². The fraction of sp³-hybridized carbons (Fsp3) is 0.706. The lowest BCUT2D eigenvalue weighted by molar-refractivity contribution is -0.299. The van der Waals surface area contributed by atoms with Crippen molar-refractivity contribution < 1.29 is 14.7 Å². The minimum Gasteiger partial charge on any atom is -0.459 e. The number of carbonyl (C=O) groups excluding carboxylic acids is 1. The quantitative estimate of drug-likeness (QED) is 0.580. The number of piperidine rings is 1. The standard InChI is InChI=1S/C17H24NO3/c1-16(2)9-13(10-17(3,4)18(16)20)21-15(19)14-8-11-5-6-12(14)7-11/h5-6,8,11-13H,7,9-10H2,1-4H3. The average molecular weight is 290 g/mol. The lowest BCUT2D eigenvalue weighted by atomic mass is 9.80. The smallest absolute Gasteiger partial charge is 0.334 e. The number of hydroxylamine groups is 2.